The fourth-order valence-electron chi connectivity index (χ4n) is 3.47. The number of nitrogens with two attached hydrogens (primary N) is 1. The van der Waals surface area contributed by atoms with Crippen LogP contribution in [0, 0.1) is 0 Å². The van der Waals surface area contributed by atoms with E-state index in [1.54, 1.807) is 17.4 Å². The van der Waals surface area contributed by atoms with Gasteiger partial charge in [0.25, 0.3) is 0 Å². The summed E-state index contributed by atoms with van der Waals surface area (Å²) in [7, 11) is 0. The summed E-state index contributed by atoms with van der Waals surface area (Å²) < 4.78 is 1.13. The standard InChI is InChI=1S/C21H20N2OS/c1-2-13(11-22)14-3-5-15(6-4-14)20-18(24)8-7-17-21(20)16-9-10-25-19(16)12-23-17/h3-10,12-13,24H,2,11,22H2,1H3. The highest BCUT2D eigenvalue weighted by molar-refractivity contribution is 7.17. The lowest BCUT2D eigenvalue weighted by Gasteiger charge is -2.14. The van der Waals surface area contributed by atoms with Crippen molar-refractivity contribution < 1.29 is 5.11 Å². The zero-order chi connectivity index (χ0) is 17.4. The molecule has 4 rings (SSSR count). The van der Waals surface area contributed by atoms with Crippen molar-refractivity contribution >= 4 is 32.3 Å². The maximum Gasteiger partial charge on any atom is 0.124 e. The summed E-state index contributed by atoms with van der Waals surface area (Å²) in [5.41, 5.74) is 9.86. The van der Waals surface area contributed by atoms with E-state index in [0.29, 0.717) is 12.5 Å². The van der Waals surface area contributed by atoms with Crippen LogP contribution in [0.3, 0.4) is 0 Å². The van der Waals surface area contributed by atoms with Gasteiger partial charge in [0.1, 0.15) is 5.75 Å². The van der Waals surface area contributed by atoms with Crippen LogP contribution >= 0.6 is 11.3 Å². The van der Waals surface area contributed by atoms with Crippen LogP contribution in [0.2, 0.25) is 0 Å². The zero-order valence-electron chi connectivity index (χ0n) is 14.1. The predicted octanol–water partition coefficient (Wildman–Crippen LogP) is 5.27. The number of hydrogen-bond acceptors (Lipinski definition) is 4. The number of hydrogen-bond donors (Lipinski definition) is 2. The molecule has 1 atom stereocenters. The maximum absolute atomic E-state index is 10.6. The lowest BCUT2D eigenvalue weighted by molar-refractivity contribution is 0.478. The van der Waals surface area contributed by atoms with Gasteiger partial charge in [0.15, 0.2) is 0 Å². The van der Waals surface area contributed by atoms with Crippen LogP contribution in [0.5, 0.6) is 5.75 Å². The molecule has 0 amide bonds. The molecule has 2 aromatic carbocycles. The van der Waals surface area contributed by atoms with Gasteiger partial charge >= 0.3 is 0 Å². The normalized spacial score (nSPS) is 12.7. The quantitative estimate of drug-likeness (QED) is 0.528. The minimum Gasteiger partial charge on any atom is -0.507 e. The Kier molecular flexibility index (Phi) is 4.15. The van der Waals surface area contributed by atoms with Gasteiger partial charge in [-0.3, -0.25) is 4.98 Å². The Balaban J connectivity index is 1.94. The first-order chi connectivity index (χ1) is 12.2. The van der Waals surface area contributed by atoms with Crippen LogP contribution in [0.4, 0.5) is 0 Å². The van der Waals surface area contributed by atoms with E-state index >= 15 is 0 Å². The van der Waals surface area contributed by atoms with E-state index in [1.165, 1.54) is 5.56 Å². The Labute approximate surface area is 150 Å². The lowest BCUT2D eigenvalue weighted by Crippen LogP contribution is -2.11. The van der Waals surface area contributed by atoms with Crippen molar-refractivity contribution in [2.45, 2.75) is 19.3 Å². The van der Waals surface area contributed by atoms with E-state index in [1.807, 2.05) is 12.3 Å². The van der Waals surface area contributed by atoms with Crippen LogP contribution < -0.4 is 5.73 Å². The molecule has 0 aliphatic heterocycles. The highest BCUT2D eigenvalue weighted by atomic mass is 32.1. The molecule has 0 fully saturated rings. The Morgan fingerprint density at radius 2 is 1.92 bits per heavy atom. The lowest BCUT2D eigenvalue weighted by atomic mass is 9.92. The molecular weight excluding hydrogens is 328 g/mol. The Hall–Kier alpha value is -2.43. The van der Waals surface area contributed by atoms with Crippen molar-refractivity contribution in [2.24, 2.45) is 5.73 Å². The van der Waals surface area contributed by atoms with E-state index in [9.17, 15) is 5.11 Å². The molecule has 0 saturated carbocycles. The summed E-state index contributed by atoms with van der Waals surface area (Å²) in [4.78, 5) is 4.56. The first kappa shape index (κ1) is 16.1. The van der Waals surface area contributed by atoms with Gasteiger partial charge in [0, 0.05) is 22.5 Å². The molecule has 2 heterocycles. The van der Waals surface area contributed by atoms with Crippen molar-refractivity contribution in [3.05, 3.63) is 59.6 Å². The van der Waals surface area contributed by atoms with Crippen molar-refractivity contribution in [3.63, 3.8) is 0 Å². The van der Waals surface area contributed by atoms with Crippen molar-refractivity contribution in [1.29, 1.82) is 0 Å². The van der Waals surface area contributed by atoms with E-state index in [0.717, 1.165) is 38.5 Å². The molecule has 0 radical (unpaired) electrons. The van der Waals surface area contributed by atoms with Gasteiger partial charge in [-0.2, -0.15) is 0 Å². The Bertz CT molecular complexity index is 1030. The van der Waals surface area contributed by atoms with Crippen LogP contribution in [-0.2, 0) is 0 Å². The minimum atomic E-state index is 0.284. The zero-order valence-corrected chi connectivity index (χ0v) is 14.9. The second-order valence-electron chi connectivity index (χ2n) is 6.27. The number of rotatable bonds is 4. The molecular formula is C21H20N2OS. The molecule has 0 aliphatic rings. The molecule has 0 aliphatic carbocycles. The van der Waals surface area contributed by atoms with E-state index in [-0.39, 0.29) is 5.75 Å². The number of aromatic hydroxyl groups is 1. The highest BCUT2D eigenvalue weighted by Gasteiger charge is 2.15. The molecule has 126 valence electrons. The molecule has 3 N–H and O–H groups in total. The maximum atomic E-state index is 10.6. The number of aromatic nitrogens is 1. The van der Waals surface area contributed by atoms with Gasteiger partial charge in [0.2, 0.25) is 0 Å². The second-order valence-corrected chi connectivity index (χ2v) is 7.22. The fraction of sp³-hybridized carbons (Fsp3) is 0.190. The van der Waals surface area contributed by atoms with Gasteiger partial charge in [0.05, 0.1) is 10.2 Å². The molecule has 1 unspecified atom stereocenters. The van der Waals surface area contributed by atoms with E-state index in [2.05, 4.69) is 47.6 Å². The van der Waals surface area contributed by atoms with Gasteiger partial charge in [-0.1, -0.05) is 31.2 Å². The summed E-state index contributed by atoms with van der Waals surface area (Å²) in [5, 5.41) is 14.8. The summed E-state index contributed by atoms with van der Waals surface area (Å²) in [6.45, 7) is 2.80. The molecule has 2 aromatic heterocycles. The van der Waals surface area contributed by atoms with Gasteiger partial charge in [-0.15, -0.1) is 11.3 Å². The van der Waals surface area contributed by atoms with Crippen LogP contribution in [0.15, 0.2) is 54.0 Å². The average Bonchev–Trinajstić information content (AvgIpc) is 3.12. The SMILES string of the molecule is CCC(CN)c1ccc(-c2c(O)ccc3ncc4sccc4c23)cc1. The summed E-state index contributed by atoms with van der Waals surface area (Å²) in [6, 6.07) is 14.1. The van der Waals surface area contributed by atoms with Crippen LogP contribution in [0.1, 0.15) is 24.8 Å². The van der Waals surface area contributed by atoms with Gasteiger partial charge in [-0.25, -0.2) is 0 Å². The number of nitrogens with zero attached hydrogens (tertiary/aromatic N) is 1. The third-order valence-corrected chi connectivity index (χ3v) is 5.75. The molecule has 25 heavy (non-hydrogen) atoms. The largest absolute Gasteiger partial charge is 0.507 e. The summed E-state index contributed by atoms with van der Waals surface area (Å²) >= 11 is 1.67. The van der Waals surface area contributed by atoms with E-state index < -0.39 is 0 Å². The highest BCUT2D eigenvalue weighted by Crippen LogP contribution is 2.40. The number of pyridine rings is 1. The topological polar surface area (TPSA) is 59.1 Å². The predicted molar refractivity (Wildman–Crippen MR) is 106 cm³/mol. The van der Waals surface area contributed by atoms with Gasteiger partial charge in [-0.05, 0) is 53.6 Å². The molecule has 4 aromatic rings. The van der Waals surface area contributed by atoms with Crippen LogP contribution in [0.25, 0.3) is 32.1 Å². The Morgan fingerprint density at radius 1 is 1.12 bits per heavy atom. The molecule has 0 bridgehead atoms. The third-order valence-electron chi connectivity index (χ3n) is 4.89. The monoisotopic (exact) mass is 348 g/mol. The Morgan fingerprint density at radius 3 is 2.64 bits per heavy atom. The number of phenolic OH excluding ortho intramolecular Hbond substituents is 1. The summed E-state index contributed by atoms with van der Waals surface area (Å²) in [6.07, 6.45) is 2.92. The van der Waals surface area contributed by atoms with Crippen molar-refractivity contribution in [3.8, 4) is 16.9 Å². The number of phenols is 1. The van der Waals surface area contributed by atoms with Gasteiger partial charge < -0.3 is 10.8 Å². The molecule has 0 spiro atoms. The molecule has 0 saturated heterocycles. The van der Waals surface area contributed by atoms with Crippen LogP contribution in [-0.4, -0.2) is 16.6 Å². The fourth-order valence-corrected chi connectivity index (χ4v) is 4.23. The number of benzene rings is 2. The number of fused-ring (bicyclic) bond motifs is 3. The second kappa shape index (κ2) is 6.47. The first-order valence-electron chi connectivity index (χ1n) is 8.51. The third kappa shape index (κ3) is 2.68. The summed E-state index contributed by atoms with van der Waals surface area (Å²) in [5.74, 6) is 0.659. The first-order valence-corrected chi connectivity index (χ1v) is 9.39. The minimum absolute atomic E-state index is 0.284. The molecule has 4 heteroatoms. The smallest absolute Gasteiger partial charge is 0.124 e. The number of thiophene rings is 1. The van der Waals surface area contributed by atoms with E-state index in [4.69, 9.17) is 5.73 Å². The van der Waals surface area contributed by atoms with Crippen molar-refractivity contribution in [1.82, 2.24) is 4.98 Å². The van der Waals surface area contributed by atoms with Crippen molar-refractivity contribution in [2.75, 3.05) is 6.54 Å². The average molecular weight is 348 g/mol. The molecule has 3 nitrogen and oxygen atoms in total.